The van der Waals surface area contributed by atoms with Crippen molar-refractivity contribution < 1.29 is 14.5 Å². The highest BCUT2D eigenvalue weighted by molar-refractivity contribution is 5.79. The summed E-state index contributed by atoms with van der Waals surface area (Å²) in [6.45, 7) is 1.58. The average Bonchev–Trinajstić information content (AvgIpc) is 2.36. The van der Waals surface area contributed by atoms with Crippen LogP contribution in [0.2, 0.25) is 0 Å². The van der Waals surface area contributed by atoms with E-state index in [1.807, 2.05) is 0 Å². The summed E-state index contributed by atoms with van der Waals surface area (Å²) < 4.78 is 4.54. The standard InChI is InChI=1S/C10H14N4O4/c1-6(10(15)18-2)12-7-3-8(13-11)5-9(4-7)14(16)17/h3-6,12-13H,11H2,1-2H3. The van der Waals surface area contributed by atoms with Crippen molar-refractivity contribution in [3.8, 4) is 0 Å². The van der Waals surface area contributed by atoms with Gasteiger partial charge in [-0.05, 0) is 13.0 Å². The summed E-state index contributed by atoms with van der Waals surface area (Å²) >= 11 is 0. The normalized spacial score (nSPS) is 11.5. The van der Waals surface area contributed by atoms with Crippen LogP contribution >= 0.6 is 0 Å². The van der Waals surface area contributed by atoms with E-state index in [9.17, 15) is 14.9 Å². The minimum atomic E-state index is -0.623. The molecule has 0 aromatic heterocycles. The van der Waals surface area contributed by atoms with E-state index in [1.54, 1.807) is 13.0 Å². The van der Waals surface area contributed by atoms with E-state index in [1.165, 1.54) is 19.2 Å². The molecule has 1 aromatic carbocycles. The summed E-state index contributed by atoms with van der Waals surface area (Å²) in [4.78, 5) is 21.4. The number of esters is 1. The number of carbonyl (C=O) groups is 1. The fourth-order valence-corrected chi connectivity index (χ4v) is 1.37. The fourth-order valence-electron chi connectivity index (χ4n) is 1.37. The van der Waals surface area contributed by atoms with Crippen molar-refractivity contribution in [3.63, 3.8) is 0 Å². The summed E-state index contributed by atoms with van der Waals surface area (Å²) in [5, 5.41) is 13.5. The number of rotatable bonds is 5. The van der Waals surface area contributed by atoms with E-state index in [0.717, 1.165) is 0 Å². The van der Waals surface area contributed by atoms with Crippen molar-refractivity contribution in [2.45, 2.75) is 13.0 Å². The molecule has 18 heavy (non-hydrogen) atoms. The Morgan fingerprint density at radius 1 is 1.44 bits per heavy atom. The van der Waals surface area contributed by atoms with E-state index in [2.05, 4.69) is 15.5 Å². The summed E-state index contributed by atoms with van der Waals surface area (Å²) in [5.74, 6) is 4.74. The Morgan fingerprint density at radius 3 is 2.56 bits per heavy atom. The molecule has 0 aliphatic heterocycles. The predicted octanol–water partition coefficient (Wildman–Crippen LogP) is 0.854. The van der Waals surface area contributed by atoms with Gasteiger partial charge >= 0.3 is 5.97 Å². The minimum absolute atomic E-state index is 0.134. The molecule has 0 aliphatic rings. The molecule has 0 radical (unpaired) electrons. The van der Waals surface area contributed by atoms with Gasteiger partial charge in [0.15, 0.2) is 0 Å². The maximum absolute atomic E-state index is 11.2. The van der Waals surface area contributed by atoms with Gasteiger partial charge in [0.1, 0.15) is 6.04 Å². The molecule has 1 rings (SSSR count). The van der Waals surface area contributed by atoms with Gasteiger partial charge in [0.2, 0.25) is 0 Å². The first kappa shape index (κ1) is 13.7. The molecule has 0 saturated heterocycles. The second-order valence-electron chi connectivity index (χ2n) is 3.56. The van der Waals surface area contributed by atoms with E-state index in [4.69, 9.17) is 5.84 Å². The number of hydrogen-bond acceptors (Lipinski definition) is 7. The molecule has 0 spiro atoms. The number of nitro benzene ring substituents is 1. The van der Waals surface area contributed by atoms with Crippen LogP contribution < -0.4 is 16.6 Å². The molecule has 0 bridgehead atoms. The molecule has 1 aromatic rings. The average molecular weight is 254 g/mol. The molecular weight excluding hydrogens is 240 g/mol. The van der Waals surface area contributed by atoms with Crippen LogP contribution in [0.3, 0.4) is 0 Å². The van der Waals surface area contributed by atoms with Gasteiger partial charge in [-0.1, -0.05) is 0 Å². The quantitative estimate of drug-likeness (QED) is 0.308. The molecule has 0 saturated carbocycles. The third-order valence-corrected chi connectivity index (χ3v) is 2.23. The number of ether oxygens (including phenoxy) is 1. The maximum Gasteiger partial charge on any atom is 0.327 e. The molecule has 4 N–H and O–H groups in total. The highest BCUT2D eigenvalue weighted by atomic mass is 16.6. The second kappa shape index (κ2) is 5.82. The SMILES string of the molecule is COC(=O)C(C)Nc1cc(NN)cc([N+](=O)[O-])c1. The Hall–Kier alpha value is -2.35. The first-order chi connectivity index (χ1) is 8.47. The van der Waals surface area contributed by atoms with E-state index >= 15 is 0 Å². The van der Waals surface area contributed by atoms with Crippen LogP contribution in [0.25, 0.3) is 0 Å². The Bertz CT molecular complexity index is 463. The van der Waals surface area contributed by atoms with Gasteiger partial charge in [-0.2, -0.15) is 0 Å². The molecule has 0 aliphatic carbocycles. The lowest BCUT2D eigenvalue weighted by atomic mass is 10.2. The van der Waals surface area contributed by atoms with Gasteiger partial charge in [-0.15, -0.1) is 0 Å². The number of nitrogens with zero attached hydrogens (tertiary/aromatic N) is 1. The highest BCUT2D eigenvalue weighted by Gasteiger charge is 2.15. The number of non-ortho nitro benzene ring substituents is 1. The summed E-state index contributed by atoms with van der Waals surface area (Å²) in [6, 6.07) is 3.52. The van der Waals surface area contributed by atoms with Gasteiger partial charge < -0.3 is 15.5 Å². The zero-order valence-electron chi connectivity index (χ0n) is 9.97. The molecule has 1 atom stereocenters. The first-order valence-electron chi connectivity index (χ1n) is 5.08. The Labute approximate surface area is 103 Å². The van der Waals surface area contributed by atoms with Crippen molar-refractivity contribution in [1.29, 1.82) is 0 Å². The third kappa shape index (κ3) is 3.32. The number of hydrogen-bond donors (Lipinski definition) is 3. The second-order valence-corrected chi connectivity index (χ2v) is 3.56. The van der Waals surface area contributed by atoms with Gasteiger partial charge in [0, 0.05) is 17.8 Å². The Balaban J connectivity index is 2.98. The molecule has 8 heteroatoms. The number of methoxy groups -OCH3 is 1. The maximum atomic E-state index is 11.2. The number of nitro groups is 1. The molecular formula is C10H14N4O4. The number of anilines is 2. The highest BCUT2D eigenvalue weighted by Crippen LogP contribution is 2.24. The fraction of sp³-hybridized carbons (Fsp3) is 0.300. The van der Waals surface area contributed by atoms with Crippen molar-refractivity contribution in [1.82, 2.24) is 0 Å². The van der Waals surface area contributed by atoms with E-state index < -0.39 is 16.9 Å². The Kier molecular flexibility index (Phi) is 4.44. The molecule has 0 amide bonds. The Morgan fingerprint density at radius 2 is 2.06 bits per heavy atom. The smallest absolute Gasteiger partial charge is 0.327 e. The number of nitrogens with two attached hydrogens (primary N) is 1. The van der Waals surface area contributed by atoms with Crippen LogP contribution in [0.1, 0.15) is 6.92 Å². The number of nitrogens with one attached hydrogen (secondary N) is 2. The van der Waals surface area contributed by atoms with Gasteiger partial charge in [-0.3, -0.25) is 16.0 Å². The van der Waals surface area contributed by atoms with Crippen molar-refractivity contribution in [2.75, 3.05) is 17.9 Å². The van der Waals surface area contributed by atoms with Gasteiger partial charge in [0.05, 0.1) is 17.7 Å². The van der Waals surface area contributed by atoms with Crippen LogP contribution in [0.5, 0.6) is 0 Å². The molecule has 8 nitrogen and oxygen atoms in total. The monoisotopic (exact) mass is 254 g/mol. The number of hydrazine groups is 1. The van der Waals surface area contributed by atoms with Gasteiger partial charge in [0.25, 0.3) is 5.69 Å². The van der Waals surface area contributed by atoms with Crippen molar-refractivity contribution in [2.24, 2.45) is 5.84 Å². The van der Waals surface area contributed by atoms with E-state index in [0.29, 0.717) is 11.4 Å². The third-order valence-electron chi connectivity index (χ3n) is 2.23. The lowest BCUT2D eigenvalue weighted by molar-refractivity contribution is -0.384. The topological polar surface area (TPSA) is 120 Å². The van der Waals surface area contributed by atoms with Crippen LogP contribution in [0.4, 0.5) is 17.1 Å². The predicted molar refractivity (Wildman–Crippen MR) is 66.0 cm³/mol. The summed E-state index contributed by atoms with van der Waals surface area (Å²) in [6.07, 6.45) is 0. The lowest BCUT2D eigenvalue weighted by Crippen LogP contribution is -2.27. The molecule has 0 fully saturated rings. The lowest BCUT2D eigenvalue weighted by Gasteiger charge is -2.13. The number of benzene rings is 1. The zero-order chi connectivity index (χ0) is 13.7. The molecule has 98 valence electrons. The van der Waals surface area contributed by atoms with Crippen molar-refractivity contribution in [3.05, 3.63) is 28.3 Å². The van der Waals surface area contributed by atoms with Crippen LogP contribution in [0, 0.1) is 10.1 Å². The summed E-state index contributed by atoms with van der Waals surface area (Å²) in [7, 11) is 1.26. The van der Waals surface area contributed by atoms with Crippen LogP contribution in [0.15, 0.2) is 18.2 Å². The van der Waals surface area contributed by atoms with Crippen LogP contribution in [-0.2, 0) is 9.53 Å². The van der Waals surface area contributed by atoms with Crippen LogP contribution in [-0.4, -0.2) is 24.0 Å². The van der Waals surface area contributed by atoms with E-state index in [-0.39, 0.29) is 5.69 Å². The van der Waals surface area contributed by atoms with Crippen molar-refractivity contribution >= 4 is 23.0 Å². The number of nitrogen functional groups attached to an aromatic ring is 1. The molecule has 1 unspecified atom stereocenters. The number of carbonyl (C=O) groups excluding carboxylic acids is 1. The minimum Gasteiger partial charge on any atom is -0.467 e. The largest absolute Gasteiger partial charge is 0.467 e. The summed E-state index contributed by atoms with van der Waals surface area (Å²) in [5.41, 5.74) is 2.95. The zero-order valence-corrected chi connectivity index (χ0v) is 9.97. The van der Waals surface area contributed by atoms with Gasteiger partial charge in [-0.25, -0.2) is 4.79 Å². The first-order valence-corrected chi connectivity index (χ1v) is 5.08. The molecule has 0 heterocycles.